The van der Waals surface area contributed by atoms with Gasteiger partial charge in [-0.1, -0.05) is 116 Å². The van der Waals surface area contributed by atoms with Gasteiger partial charge in [-0.05, 0) is 67.9 Å². The topological polar surface area (TPSA) is 12.9 Å². The van der Waals surface area contributed by atoms with E-state index in [2.05, 4.69) is 128 Å². The fraction of sp³-hybridized carbons (Fsp3) is 0.0278. The molecular formula is C36H25N. The van der Waals surface area contributed by atoms with E-state index in [9.17, 15) is 0 Å². The van der Waals surface area contributed by atoms with Crippen LogP contribution >= 0.6 is 0 Å². The van der Waals surface area contributed by atoms with Gasteiger partial charge in [-0.3, -0.25) is 4.98 Å². The van der Waals surface area contributed by atoms with Gasteiger partial charge in [0.15, 0.2) is 0 Å². The molecule has 1 atom stereocenters. The lowest BCUT2D eigenvalue weighted by Crippen LogP contribution is -2.09. The zero-order valence-corrected chi connectivity index (χ0v) is 20.4. The summed E-state index contributed by atoms with van der Waals surface area (Å²) in [7, 11) is 0. The van der Waals surface area contributed by atoms with Crippen LogP contribution in [0.25, 0.3) is 43.9 Å². The maximum Gasteiger partial charge on any atom is 0.0702 e. The van der Waals surface area contributed by atoms with Crippen molar-refractivity contribution in [2.75, 3.05) is 0 Å². The fourth-order valence-electron chi connectivity index (χ4n) is 5.64. The molecule has 174 valence electrons. The summed E-state index contributed by atoms with van der Waals surface area (Å²) < 4.78 is 0. The largest absolute Gasteiger partial charge is 0.256 e. The lowest BCUT2D eigenvalue weighted by atomic mass is 9.75. The number of para-hydroxylation sites is 1. The van der Waals surface area contributed by atoms with Crippen LogP contribution in [0.3, 0.4) is 0 Å². The molecule has 0 amide bonds. The first kappa shape index (κ1) is 21.5. The second-order valence-electron chi connectivity index (χ2n) is 9.70. The molecule has 1 aliphatic carbocycles. The molecule has 1 unspecified atom stereocenters. The molecule has 0 radical (unpaired) electrons. The monoisotopic (exact) mass is 471 g/mol. The number of pyridine rings is 1. The molecule has 0 aliphatic heterocycles. The van der Waals surface area contributed by atoms with Gasteiger partial charge in [0.1, 0.15) is 0 Å². The first-order valence-corrected chi connectivity index (χ1v) is 12.7. The Balaban J connectivity index is 1.44. The molecule has 7 rings (SSSR count). The maximum atomic E-state index is 4.71. The molecule has 0 saturated heterocycles. The minimum atomic E-state index is 0.121. The van der Waals surface area contributed by atoms with Gasteiger partial charge in [-0.15, -0.1) is 0 Å². The third-order valence-electron chi connectivity index (χ3n) is 7.51. The van der Waals surface area contributed by atoms with Crippen LogP contribution in [-0.4, -0.2) is 4.98 Å². The molecule has 1 aliphatic rings. The summed E-state index contributed by atoms with van der Waals surface area (Å²) in [6, 6.07) is 43.2. The number of hydrogen-bond acceptors (Lipinski definition) is 1. The smallest absolute Gasteiger partial charge is 0.0702 e. The third kappa shape index (κ3) is 3.68. The molecule has 1 nitrogen and oxygen atoms in total. The number of benzene rings is 5. The van der Waals surface area contributed by atoms with Crippen molar-refractivity contribution in [2.45, 2.75) is 5.92 Å². The first-order chi connectivity index (χ1) is 18.3. The van der Waals surface area contributed by atoms with E-state index >= 15 is 0 Å². The number of aromatic nitrogens is 1. The lowest BCUT2D eigenvalue weighted by molar-refractivity contribution is 1.09. The van der Waals surface area contributed by atoms with Crippen LogP contribution in [-0.2, 0) is 0 Å². The van der Waals surface area contributed by atoms with Gasteiger partial charge in [0.25, 0.3) is 0 Å². The average Bonchev–Trinajstić information content (AvgIpc) is 2.97. The summed E-state index contributed by atoms with van der Waals surface area (Å²) in [4.78, 5) is 4.71. The van der Waals surface area contributed by atoms with E-state index in [-0.39, 0.29) is 5.92 Å². The Bertz CT molecular complexity index is 1840. The Morgan fingerprint density at radius 1 is 0.595 bits per heavy atom. The highest BCUT2D eigenvalue weighted by Crippen LogP contribution is 2.47. The van der Waals surface area contributed by atoms with Crippen LogP contribution in [0.15, 0.2) is 140 Å². The summed E-state index contributed by atoms with van der Waals surface area (Å²) in [6.07, 6.45) is 4.39. The van der Waals surface area contributed by atoms with Crippen LogP contribution in [0, 0.1) is 0 Å². The first-order valence-electron chi connectivity index (χ1n) is 12.7. The molecule has 6 aromatic rings. The summed E-state index contributed by atoms with van der Waals surface area (Å²) in [5.74, 6) is 0.121. The van der Waals surface area contributed by atoms with E-state index in [1.54, 1.807) is 0 Å². The average molecular weight is 472 g/mol. The molecule has 0 spiro atoms. The molecule has 1 heteroatoms. The standard InChI is InChI=1S/C36H25N/c1-24-31-19-18-26-12-5-7-16-32(26)36(31)34(22-33(24)25-10-3-2-4-11-25)28-15-9-14-27(20-28)30-21-29-13-6-8-17-35(29)37-23-30/h2-23,33H,1H2. The van der Waals surface area contributed by atoms with Crippen molar-refractivity contribution < 1.29 is 0 Å². The van der Waals surface area contributed by atoms with Gasteiger partial charge in [0.05, 0.1) is 5.52 Å². The fourth-order valence-corrected chi connectivity index (χ4v) is 5.64. The highest BCUT2D eigenvalue weighted by atomic mass is 14.6. The zero-order chi connectivity index (χ0) is 24.8. The quantitative estimate of drug-likeness (QED) is 0.251. The van der Waals surface area contributed by atoms with Crippen LogP contribution < -0.4 is 0 Å². The Labute approximate surface area is 217 Å². The molecule has 1 aromatic heterocycles. The van der Waals surface area contributed by atoms with Crippen molar-refractivity contribution in [3.8, 4) is 11.1 Å². The minimum Gasteiger partial charge on any atom is -0.256 e. The van der Waals surface area contributed by atoms with Crippen molar-refractivity contribution in [3.05, 3.63) is 162 Å². The van der Waals surface area contributed by atoms with Gasteiger partial charge in [0, 0.05) is 23.1 Å². The van der Waals surface area contributed by atoms with E-state index in [4.69, 9.17) is 4.98 Å². The Morgan fingerprint density at radius 2 is 1.35 bits per heavy atom. The lowest BCUT2D eigenvalue weighted by Gasteiger charge is -2.29. The van der Waals surface area contributed by atoms with E-state index in [0.717, 1.165) is 22.0 Å². The van der Waals surface area contributed by atoms with Crippen LogP contribution in [0.2, 0.25) is 0 Å². The number of allylic oxidation sites excluding steroid dienone is 2. The highest BCUT2D eigenvalue weighted by molar-refractivity contribution is 6.05. The van der Waals surface area contributed by atoms with Crippen molar-refractivity contribution in [1.29, 1.82) is 0 Å². The molecule has 0 saturated carbocycles. The van der Waals surface area contributed by atoms with Gasteiger partial charge < -0.3 is 0 Å². The number of nitrogens with zero attached hydrogens (tertiary/aromatic N) is 1. The highest BCUT2D eigenvalue weighted by Gasteiger charge is 2.26. The van der Waals surface area contributed by atoms with Gasteiger partial charge in [0.2, 0.25) is 0 Å². The number of rotatable bonds is 3. The molecule has 5 aromatic carbocycles. The van der Waals surface area contributed by atoms with E-state index in [1.165, 1.54) is 44.2 Å². The van der Waals surface area contributed by atoms with Crippen molar-refractivity contribution in [1.82, 2.24) is 4.98 Å². The Hall–Kier alpha value is -4.75. The summed E-state index contributed by atoms with van der Waals surface area (Å²) in [5.41, 5.74) is 10.7. The SMILES string of the molecule is C=C1c2ccc3ccccc3c2C(c2cccc(-c3cnc4ccccc4c3)c2)=CC1c1ccccc1. The third-order valence-corrected chi connectivity index (χ3v) is 7.51. The predicted octanol–water partition coefficient (Wildman–Crippen LogP) is 9.30. The van der Waals surface area contributed by atoms with Gasteiger partial charge in [-0.2, -0.15) is 0 Å². The molecular weight excluding hydrogens is 446 g/mol. The van der Waals surface area contributed by atoms with Crippen LogP contribution in [0.4, 0.5) is 0 Å². The van der Waals surface area contributed by atoms with Crippen LogP contribution in [0.5, 0.6) is 0 Å². The number of fused-ring (bicyclic) bond motifs is 4. The van der Waals surface area contributed by atoms with Gasteiger partial charge >= 0.3 is 0 Å². The van der Waals surface area contributed by atoms with E-state index < -0.39 is 0 Å². The number of hydrogen-bond donors (Lipinski definition) is 0. The molecule has 0 bridgehead atoms. The molecule has 37 heavy (non-hydrogen) atoms. The van der Waals surface area contributed by atoms with Crippen molar-refractivity contribution in [3.63, 3.8) is 0 Å². The summed E-state index contributed by atoms with van der Waals surface area (Å²) in [5, 5.41) is 3.66. The summed E-state index contributed by atoms with van der Waals surface area (Å²) >= 11 is 0. The van der Waals surface area contributed by atoms with E-state index in [1.807, 2.05) is 12.3 Å². The second-order valence-corrected chi connectivity index (χ2v) is 9.70. The predicted molar refractivity (Wildman–Crippen MR) is 156 cm³/mol. The molecule has 1 heterocycles. The normalized spacial score (nSPS) is 15.0. The Kier molecular flexibility index (Phi) is 5.08. The van der Waals surface area contributed by atoms with Crippen molar-refractivity contribution >= 4 is 32.8 Å². The summed E-state index contributed by atoms with van der Waals surface area (Å²) in [6.45, 7) is 4.59. The van der Waals surface area contributed by atoms with E-state index in [0.29, 0.717) is 0 Å². The van der Waals surface area contributed by atoms with Gasteiger partial charge in [-0.25, -0.2) is 0 Å². The van der Waals surface area contributed by atoms with Crippen LogP contribution in [0.1, 0.15) is 28.2 Å². The minimum absolute atomic E-state index is 0.121. The zero-order valence-electron chi connectivity index (χ0n) is 20.4. The molecule has 0 fully saturated rings. The van der Waals surface area contributed by atoms with Crippen molar-refractivity contribution in [2.24, 2.45) is 0 Å². The Morgan fingerprint density at radius 3 is 2.24 bits per heavy atom. The second kappa shape index (κ2) is 8.72. The maximum absolute atomic E-state index is 4.71. The molecule has 0 N–H and O–H groups in total.